The van der Waals surface area contributed by atoms with Crippen LogP contribution in [0.2, 0.25) is 10.0 Å². The molecular weight excluding hydrogens is 369 g/mol. The molecule has 3 aromatic rings. The number of carbonyl (C=O) groups is 1. The van der Waals surface area contributed by atoms with Crippen LogP contribution < -0.4 is 10.6 Å². The molecule has 0 saturated heterocycles. The van der Waals surface area contributed by atoms with E-state index >= 15 is 0 Å². The van der Waals surface area contributed by atoms with Crippen LogP contribution >= 0.6 is 23.2 Å². The van der Waals surface area contributed by atoms with Crippen LogP contribution in [0.25, 0.3) is 0 Å². The Balaban J connectivity index is 1.62. The molecule has 0 bridgehead atoms. The summed E-state index contributed by atoms with van der Waals surface area (Å²) in [4.78, 5) is 16.5. The number of amides is 1. The van der Waals surface area contributed by atoms with Crippen LogP contribution in [0, 0.1) is 6.92 Å². The molecule has 2 aromatic carbocycles. The summed E-state index contributed by atoms with van der Waals surface area (Å²) in [6, 6.07) is 16.8. The molecule has 0 atom stereocenters. The van der Waals surface area contributed by atoms with Crippen LogP contribution in [0.1, 0.15) is 11.1 Å². The Morgan fingerprint density at radius 3 is 2.62 bits per heavy atom. The summed E-state index contributed by atoms with van der Waals surface area (Å²) in [6.45, 7) is 2.00. The number of hydrogen-bond donors (Lipinski definition) is 2. The molecule has 4 nitrogen and oxygen atoms in total. The van der Waals surface area contributed by atoms with E-state index in [1.54, 1.807) is 30.5 Å². The first-order valence-corrected chi connectivity index (χ1v) is 8.79. The Labute approximate surface area is 162 Å². The number of carbonyl (C=O) groups excluding carboxylic acids is 1. The number of aryl methyl sites for hydroxylation is 1. The van der Waals surface area contributed by atoms with E-state index in [0.717, 1.165) is 11.1 Å². The molecule has 0 aliphatic rings. The van der Waals surface area contributed by atoms with Gasteiger partial charge in [-0.25, -0.2) is 4.98 Å². The van der Waals surface area contributed by atoms with Crippen molar-refractivity contribution in [3.8, 4) is 0 Å². The Hall–Kier alpha value is -2.56. The monoisotopic (exact) mass is 385 g/mol. The van der Waals surface area contributed by atoms with Crippen molar-refractivity contribution in [3.63, 3.8) is 0 Å². The first-order chi connectivity index (χ1) is 12.5. The molecule has 132 valence electrons. The van der Waals surface area contributed by atoms with Crippen molar-refractivity contribution in [1.29, 1.82) is 0 Å². The molecule has 0 unspecified atom stereocenters. The normalized spacial score (nSPS) is 10.4. The van der Waals surface area contributed by atoms with E-state index < -0.39 is 0 Å². The van der Waals surface area contributed by atoms with Crippen molar-refractivity contribution < 1.29 is 4.79 Å². The van der Waals surface area contributed by atoms with Crippen LogP contribution in [0.15, 0.2) is 60.8 Å². The minimum atomic E-state index is -0.0870. The Morgan fingerprint density at radius 2 is 1.88 bits per heavy atom. The second kappa shape index (κ2) is 8.21. The first kappa shape index (κ1) is 18.2. The highest BCUT2D eigenvalue weighted by atomic mass is 35.5. The fraction of sp³-hybridized carbons (Fsp3) is 0.100. The molecule has 2 N–H and O–H groups in total. The number of nitrogens with zero attached hydrogens (tertiary/aromatic N) is 1. The third-order valence-electron chi connectivity index (χ3n) is 3.71. The lowest BCUT2D eigenvalue weighted by molar-refractivity contribution is -0.115. The van der Waals surface area contributed by atoms with E-state index in [1.165, 1.54) is 0 Å². The van der Waals surface area contributed by atoms with Crippen molar-refractivity contribution in [2.75, 3.05) is 10.6 Å². The van der Waals surface area contributed by atoms with Gasteiger partial charge in [-0.15, -0.1) is 0 Å². The number of benzene rings is 2. The Morgan fingerprint density at radius 1 is 1.08 bits per heavy atom. The van der Waals surface area contributed by atoms with Crippen LogP contribution in [0.5, 0.6) is 0 Å². The van der Waals surface area contributed by atoms with Crippen molar-refractivity contribution in [3.05, 3.63) is 82.0 Å². The summed E-state index contributed by atoms with van der Waals surface area (Å²) in [5, 5.41) is 6.85. The fourth-order valence-electron chi connectivity index (χ4n) is 2.49. The number of nitrogens with one attached hydrogen (secondary N) is 2. The number of hydrogen-bond acceptors (Lipinski definition) is 3. The van der Waals surface area contributed by atoms with Gasteiger partial charge < -0.3 is 10.6 Å². The van der Waals surface area contributed by atoms with E-state index in [4.69, 9.17) is 23.2 Å². The summed E-state index contributed by atoms with van der Waals surface area (Å²) in [5.74, 6) is 0.516. The Bertz CT molecular complexity index is 927. The molecule has 3 rings (SSSR count). The first-order valence-electron chi connectivity index (χ1n) is 8.04. The molecule has 0 spiro atoms. The topological polar surface area (TPSA) is 54.0 Å². The van der Waals surface area contributed by atoms with Gasteiger partial charge in [0.05, 0.1) is 34.0 Å². The van der Waals surface area contributed by atoms with Gasteiger partial charge in [0.1, 0.15) is 5.82 Å². The maximum atomic E-state index is 12.2. The third kappa shape index (κ3) is 4.75. The predicted octanol–water partition coefficient (Wildman–Crippen LogP) is 5.62. The molecule has 1 aromatic heterocycles. The highest BCUT2D eigenvalue weighted by Crippen LogP contribution is 2.31. The number of aromatic nitrogens is 1. The summed E-state index contributed by atoms with van der Waals surface area (Å²) in [6.07, 6.45) is 1.91. The summed E-state index contributed by atoms with van der Waals surface area (Å²) >= 11 is 12.2. The highest BCUT2D eigenvalue weighted by Gasteiger charge is 2.07. The molecule has 0 aliphatic carbocycles. The number of halogens is 2. The van der Waals surface area contributed by atoms with Gasteiger partial charge in [0, 0.05) is 0 Å². The minimum Gasteiger partial charge on any atom is -0.339 e. The standard InChI is InChI=1S/C20H17Cl2N3O/c1-13-4-2-5-14(10-13)11-19(26)24-15-8-9-18(23-12-15)25-17-7-3-6-16(21)20(17)22/h2-10,12H,11H2,1H3,(H,23,25)(H,24,26). The maximum absolute atomic E-state index is 12.2. The third-order valence-corrected chi connectivity index (χ3v) is 4.53. The van der Waals surface area contributed by atoms with E-state index in [1.807, 2.05) is 37.3 Å². The van der Waals surface area contributed by atoms with Gasteiger partial charge in [-0.1, -0.05) is 59.1 Å². The molecule has 0 radical (unpaired) electrons. The Kier molecular flexibility index (Phi) is 5.76. The average Bonchev–Trinajstić information content (AvgIpc) is 2.60. The number of rotatable bonds is 5. The fourth-order valence-corrected chi connectivity index (χ4v) is 2.84. The summed E-state index contributed by atoms with van der Waals surface area (Å²) in [5.41, 5.74) is 3.41. The zero-order valence-electron chi connectivity index (χ0n) is 14.1. The van der Waals surface area contributed by atoms with Gasteiger partial charge in [-0.2, -0.15) is 0 Å². The molecule has 1 heterocycles. The van der Waals surface area contributed by atoms with Crippen LogP contribution in [-0.2, 0) is 11.2 Å². The van der Waals surface area contributed by atoms with Gasteiger partial charge in [-0.3, -0.25) is 4.79 Å². The summed E-state index contributed by atoms with van der Waals surface area (Å²) in [7, 11) is 0. The summed E-state index contributed by atoms with van der Waals surface area (Å²) < 4.78 is 0. The van der Waals surface area contributed by atoms with Gasteiger partial charge in [-0.05, 0) is 36.8 Å². The molecule has 6 heteroatoms. The number of anilines is 3. The second-order valence-corrected chi connectivity index (χ2v) is 6.66. The zero-order valence-corrected chi connectivity index (χ0v) is 15.6. The van der Waals surface area contributed by atoms with E-state index in [9.17, 15) is 4.79 Å². The molecule has 26 heavy (non-hydrogen) atoms. The zero-order chi connectivity index (χ0) is 18.5. The van der Waals surface area contributed by atoms with Crippen molar-refractivity contribution >= 4 is 46.3 Å². The van der Waals surface area contributed by atoms with Crippen molar-refractivity contribution in [2.24, 2.45) is 0 Å². The van der Waals surface area contributed by atoms with Gasteiger partial charge in [0.15, 0.2) is 0 Å². The van der Waals surface area contributed by atoms with Crippen LogP contribution in [-0.4, -0.2) is 10.9 Å². The van der Waals surface area contributed by atoms with E-state index in [-0.39, 0.29) is 5.91 Å². The largest absolute Gasteiger partial charge is 0.339 e. The molecule has 0 saturated carbocycles. The predicted molar refractivity (Wildman–Crippen MR) is 107 cm³/mol. The number of pyridine rings is 1. The smallest absolute Gasteiger partial charge is 0.228 e. The van der Waals surface area contributed by atoms with Crippen LogP contribution in [0.4, 0.5) is 17.2 Å². The van der Waals surface area contributed by atoms with Crippen molar-refractivity contribution in [2.45, 2.75) is 13.3 Å². The lowest BCUT2D eigenvalue weighted by Gasteiger charge is -2.10. The van der Waals surface area contributed by atoms with Crippen molar-refractivity contribution in [1.82, 2.24) is 4.98 Å². The second-order valence-electron chi connectivity index (χ2n) is 5.87. The maximum Gasteiger partial charge on any atom is 0.228 e. The lowest BCUT2D eigenvalue weighted by Crippen LogP contribution is -2.14. The SMILES string of the molecule is Cc1cccc(CC(=O)Nc2ccc(Nc3cccc(Cl)c3Cl)nc2)c1. The van der Waals surface area contributed by atoms with E-state index in [0.29, 0.717) is 33.7 Å². The van der Waals surface area contributed by atoms with E-state index in [2.05, 4.69) is 15.6 Å². The highest BCUT2D eigenvalue weighted by molar-refractivity contribution is 6.43. The van der Waals surface area contributed by atoms with Gasteiger partial charge >= 0.3 is 0 Å². The molecule has 0 fully saturated rings. The van der Waals surface area contributed by atoms with Crippen LogP contribution in [0.3, 0.4) is 0 Å². The average molecular weight is 386 g/mol. The molecule has 0 aliphatic heterocycles. The lowest BCUT2D eigenvalue weighted by atomic mass is 10.1. The quantitative estimate of drug-likeness (QED) is 0.598. The molecular formula is C20H17Cl2N3O. The minimum absolute atomic E-state index is 0.0870. The molecule has 1 amide bonds. The van der Waals surface area contributed by atoms with Gasteiger partial charge in [0.25, 0.3) is 0 Å². The van der Waals surface area contributed by atoms with Gasteiger partial charge in [0.2, 0.25) is 5.91 Å².